The largest absolute Gasteiger partial charge is 0.302 e. The summed E-state index contributed by atoms with van der Waals surface area (Å²) in [5.41, 5.74) is 5.44. The summed E-state index contributed by atoms with van der Waals surface area (Å²) >= 11 is 1.45. The Morgan fingerprint density at radius 3 is 2.32 bits per heavy atom. The molecule has 1 amide bonds. The molecule has 0 unspecified atom stereocenters. The van der Waals surface area contributed by atoms with E-state index in [0.29, 0.717) is 5.13 Å². The molecule has 28 heavy (non-hydrogen) atoms. The first kappa shape index (κ1) is 19.6. The fraction of sp³-hybridized carbons (Fsp3) is 0.182. The van der Waals surface area contributed by atoms with Crippen LogP contribution in [0.25, 0.3) is 21.5 Å². The number of nitrogens with zero attached hydrogens (tertiary/aromatic N) is 3. The zero-order valence-corrected chi connectivity index (χ0v) is 17.2. The van der Waals surface area contributed by atoms with E-state index in [9.17, 15) is 4.79 Å². The molecule has 4 aromatic rings. The fourth-order valence-electron chi connectivity index (χ4n) is 2.71. The predicted octanol–water partition coefficient (Wildman–Crippen LogP) is 5.32. The molecule has 0 aliphatic carbocycles. The number of nitrogens with one attached hydrogen (secondary N) is 1. The van der Waals surface area contributed by atoms with E-state index in [1.165, 1.54) is 29.4 Å². The van der Waals surface area contributed by atoms with Crippen LogP contribution in [0.5, 0.6) is 0 Å². The van der Waals surface area contributed by atoms with Crippen LogP contribution in [0.1, 0.15) is 23.9 Å². The second kappa shape index (κ2) is 8.71. The molecule has 2 heterocycles. The van der Waals surface area contributed by atoms with Crippen molar-refractivity contribution in [3.8, 4) is 11.3 Å². The maximum Gasteiger partial charge on any atom is 0.223 e. The lowest BCUT2D eigenvalue weighted by Gasteiger charge is -2.00. The van der Waals surface area contributed by atoms with Gasteiger partial charge in [-0.1, -0.05) is 52.8 Å². The van der Waals surface area contributed by atoms with E-state index in [1.54, 1.807) is 6.20 Å². The van der Waals surface area contributed by atoms with Crippen LogP contribution in [0.3, 0.4) is 0 Å². The van der Waals surface area contributed by atoms with Gasteiger partial charge in [0.25, 0.3) is 0 Å². The fourth-order valence-corrected chi connectivity index (χ4v) is 3.66. The average Bonchev–Trinajstić information content (AvgIpc) is 3.02. The van der Waals surface area contributed by atoms with Gasteiger partial charge in [-0.15, -0.1) is 0 Å². The number of carbonyl (C=O) groups is 1. The standard InChI is InChI=1S/C14H12N4OS.C8H10/c1-8-15-6-5-11(16-8)10-3-4-12-13(7-10)20-14(18-12)17-9(2)19;1-7-4-3-5-8(2)6-7/h3-7H,1-2H3,(H,17,18,19);3-6H,1-2H3. The topological polar surface area (TPSA) is 67.8 Å². The smallest absolute Gasteiger partial charge is 0.223 e. The maximum atomic E-state index is 11.1. The van der Waals surface area contributed by atoms with Gasteiger partial charge in [0.05, 0.1) is 15.9 Å². The molecular weight excluding hydrogens is 368 g/mol. The highest BCUT2D eigenvalue weighted by Gasteiger charge is 2.07. The molecular formula is C22H22N4OS. The van der Waals surface area contributed by atoms with Crippen LogP contribution in [0.4, 0.5) is 5.13 Å². The van der Waals surface area contributed by atoms with Crippen LogP contribution in [-0.4, -0.2) is 20.9 Å². The van der Waals surface area contributed by atoms with E-state index in [-0.39, 0.29) is 5.91 Å². The summed E-state index contributed by atoms with van der Waals surface area (Å²) < 4.78 is 1.02. The summed E-state index contributed by atoms with van der Waals surface area (Å²) in [5, 5.41) is 3.32. The number of anilines is 1. The van der Waals surface area contributed by atoms with E-state index < -0.39 is 0 Å². The number of hydrogen-bond donors (Lipinski definition) is 1. The molecule has 4 rings (SSSR count). The monoisotopic (exact) mass is 390 g/mol. The van der Waals surface area contributed by atoms with Gasteiger partial charge in [0.1, 0.15) is 5.82 Å². The molecule has 5 nitrogen and oxygen atoms in total. The molecule has 0 radical (unpaired) electrons. The molecule has 0 aliphatic rings. The third kappa shape index (κ3) is 5.20. The average molecular weight is 391 g/mol. The van der Waals surface area contributed by atoms with Gasteiger partial charge in [-0.2, -0.15) is 0 Å². The van der Waals surface area contributed by atoms with Crippen LogP contribution >= 0.6 is 11.3 Å². The van der Waals surface area contributed by atoms with Crippen LogP contribution in [0, 0.1) is 20.8 Å². The summed E-state index contributed by atoms with van der Waals surface area (Å²) in [6.07, 6.45) is 1.75. The van der Waals surface area contributed by atoms with Gasteiger partial charge in [0, 0.05) is 18.7 Å². The van der Waals surface area contributed by atoms with Crippen molar-refractivity contribution in [1.82, 2.24) is 15.0 Å². The predicted molar refractivity (Wildman–Crippen MR) is 116 cm³/mol. The third-order valence-electron chi connectivity index (χ3n) is 3.92. The number of rotatable bonds is 2. The molecule has 0 fully saturated rings. The summed E-state index contributed by atoms with van der Waals surface area (Å²) in [5.74, 6) is 0.626. The van der Waals surface area contributed by atoms with E-state index in [0.717, 1.165) is 27.3 Å². The zero-order valence-electron chi connectivity index (χ0n) is 16.4. The van der Waals surface area contributed by atoms with Gasteiger partial charge in [-0.3, -0.25) is 4.79 Å². The molecule has 0 atom stereocenters. The molecule has 0 saturated heterocycles. The molecule has 1 N–H and O–H groups in total. The van der Waals surface area contributed by atoms with E-state index >= 15 is 0 Å². The Morgan fingerprint density at radius 2 is 1.71 bits per heavy atom. The van der Waals surface area contributed by atoms with E-state index in [1.807, 2.05) is 31.2 Å². The second-order valence-corrected chi connectivity index (χ2v) is 7.56. The SMILES string of the molecule is CC(=O)Nc1nc2ccc(-c3ccnc(C)n3)cc2s1.Cc1cccc(C)c1. The quantitative estimate of drug-likeness (QED) is 0.503. The molecule has 0 saturated carbocycles. The van der Waals surface area contributed by atoms with Crippen LogP contribution in [0.2, 0.25) is 0 Å². The van der Waals surface area contributed by atoms with Crippen molar-refractivity contribution in [1.29, 1.82) is 0 Å². The summed E-state index contributed by atoms with van der Waals surface area (Å²) in [7, 11) is 0. The minimum absolute atomic E-state index is 0.115. The maximum absolute atomic E-state index is 11.1. The number of amides is 1. The Morgan fingerprint density at radius 1 is 0.964 bits per heavy atom. The number of thiazole rings is 1. The number of aryl methyl sites for hydroxylation is 3. The van der Waals surface area contributed by atoms with Gasteiger partial charge in [0.2, 0.25) is 5.91 Å². The van der Waals surface area contributed by atoms with Crippen molar-refractivity contribution in [2.24, 2.45) is 0 Å². The summed E-state index contributed by atoms with van der Waals surface area (Å²) in [4.78, 5) is 23.9. The lowest BCUT2D eigenvalue weighted by molar-refractivity contribution is -0.114. The Labute approximate surface area is 168 Å². The molecule has 0 bridgehead atoms. The van der Waals surface area contributed by atoms with E-state index in [4.69, 9.17) is 0 Å². The second-order valence-electron chi connectivity index (χ2n) is 6.53. The third-order valence-corrected chi connectivity index (χ3v) is 4.85. The first-order chi connectivity index (χ1) is 13.4. The van der Waals surface area contributed by atoms with Crippen LogP contribution < -0.4 is 5.32 Å². The molecule has 0 spiro atoms. The summed E-state index contributed by atoms with van der Waals surface area (Å²) in [6, 6.07) is 16.3. The van der Waals surface area contributed by atoms with Crippen LogP contribution in [-0.2, 0) is 4.79 Å². The number of fused-ring (bicyclic) bond motifs is 1. The van der Waals surface area contributed by atoms with Gasteiger partial charge >= 0.3 is 0 Å². The number of benzene rings is 2. The first-order valence-corrected chi connectivity index (χ1v) is 9.74. The van der Waals surface area contributed by atoms with Crippen molar-refractivity contribution < 1.29 is 4.79 Å². The zero-order chi connectivity index (χ0) is 20.1. The minimum Gasteiger partial charge on any atom is -0.302 e. The molecule has 142 valence electrons. The van der Waals surface area contributed by atoms with E-state index in [2.05, 4.69) is 58.4 Å². The number of hydrogen-bond acceptors (Lipinski definition) is 5. The lowest BCUT2D eigenvalue weighted by Crippen LogP contribution is -2.04. The van der Waals surface area contributed by atoms with Crippen molar-refractivity contribution >= 4 is 32.6 Å². The highest BCUT2D eigenvalue weighted by atomic mass is 32.1. The molecule has 6 heteroatoms. The Bertz CT molecular complexity index is 1100. The normalized spacial score (nSPS) is 10.3. The minimum atomic E-state index is -0.115. The summed E-state index contributed by atoms with van der Waals surface area (Å²) in [6.45, 7) is 7.55. The van der Waals surface area contributed by atoms with Gasteiger partial charge in [0.15, 0.2) is 5.13 Å². The lowest BCUT2D eigenvalue weighted by atomic mass is 10.1. The highest BCUT2D eigenvalue weighted by molar-refractivity contribution is 7.22. The van der Waals surface area contributed by atoms with Crippen molar-refractivity contribution in [2.45, 2.75) is 27.7 Å². The molecule has 2 aromatic heterocycles. The first-order valence-electron chi connectivity index (χ1n) is 8.92. The number of aromatic nitrogens is 3. The van der Waals surface area contributed by atoms with Crippen molar-refractivity contribution in [3.63, 3.8) is 0 Å². The van der Waals surface area contributed by atoms with Crippen LogP contribution in [0.15, 0.2) is 54.7 Å². The van der Waals surface area contributed by atoms with Gasteiger partial charge < -0.3 is 5.32 Å². The number of carbonyl (C=O) groups excluding carboxylic acids is 1. The Kier molecular flexibility index (Phi) is 6.11. The van der Waals surface area contributed by atoms with Crippen molar-refractivity contribution in [2.75, 3.05) is 5.32 Å². The molecule has 0 aliphatic heterocycles. The van der Waals surface area contributed by atoms with Gasteiger partial charge in [-0.25, -0.2) is 15.0 Å². The Hall–Kier alpha value is -3.12. The highest BCUT2D eigenvalue weighted by Crippen LogP contribution is 2.29. The van der Waals surface area contributed by atoms with Gasteiger partial charge in [-0.05, 0) is 39.0 Å². The molecule has 2 aromatic carbocycles. The van der Waals surface area contributed by atoms with Crippen molar-refractivity contribution in [3.05, 3.63) is 71.7 Å². The Balaban J connectivity index is 0.000000236.